The van der Waals surface area contributed by atoms with Gasteiger partial charge in [0.2, 0.25) is 5.91 Å². The molecule has 0 aliphatic carbocycles. The first-order chi connectivity index (χ1) is 8.62. The molecular weight excluding hydrogens is 280 g/mol. The van der Waals surface area contributed by atoms with E-state index in [4.69, 9.17) is 9.66 Å². The molecule has 4 atom stereocenters. The molecule has 0 saturated carbocycles. The van der Waals surface area contributed by atoms with Crippen LogP contribution in [0.25, 0.3) is 0 Å². The van der Waals surface area contributed by atoms with Crippen molar-refractivity contribution in [2.24, 2.45) is 0 Å². The summed E-state index contributed by atoms with van der Waals surface area (Å²) in [6.07, 6.45) is -1.45. The Morgan fingerprint density at radius 2 is 2.00 bits per heavy atom. The Hall–Kier alpha value is -1.23. The molecule has 1 amide bonds. The fraction of sp³-hybridized carbons (Fsp3) is 0.778. The van der Waals surface area contributed by atoms with E-state index in [1.165, 1.54) is 6.92 Å². The number of hydrogen-bond donors (Lipinski definition) is 5. The van der Waals surface area contributed by atoms with Crippen molar-refractivity contribution in [3.63, 3.8) is 0 Å². The summed E-state index contributed by atoms with van der Waals surface area (Å²) in [7, 11) is -4.24. The number of nitrogens with one attached hydrogen (secondary N) is 2. The van der Waals surface area contributed by atoms with E-state index < -0.39 is 45.4 Å². The van der Waals surface area contributed by atoms with E-state index in [1.54, 1.807) is 0 Å². The molecule has 0 aromatic rings. The number of carboxylic acids is 1. The SMILES string of the molecule is C[C@H](O)[C@H](NC(=O)[C@@H]1C[C@@H](S(=O)(=O)O)CN1)C(=O)O. The van der Waals surface area contributed by atoms with Gasteiger partial charge in [-0.2, -0.15) is 8.42 Å². The smallest absolute Gasteiger partial charge is 0.328 e. The minimum Gasteiger partial charge on any atom is -0.480 e. The van der Waals surface area contributed by atoms with Gasteiger partial charge < -0.3 is 20.8 Å². The number of hydrogen-bond acceptors (Lipinski definition) is 6. The third-order valence-corrected chi connectivity index (χ3v) is 4.08. The van der Waals surface area contributed by atoms with E-state index in [-0.39, 0.29) is 13.0 Å². The first kappa shape index (κ1) is 15.8. The summed E-state index contributed by atoms with van der Waals surface area (Å²) >= 11 is 0. The molecule has 0 bridgehead atoms. The van der Waals surface area contributed by atoms with Gasteiger partial charge in [0.15, 0.2) is 6.04 Å². The Morgan fingerprint density at radius 3 is 2.37 bits per heavy atom. The van der Waals surface area contributed by atoms with Crippen LogP contribution in [0.5, 0.6) is 0 Å². The summed E-state index contributed by atoms with van der Waals surface area (Å²) < 4.78 is 30.6. The van der Waals surface area contributed by atoms with Gasteiger partial charge >= 0.3 is 5.97 Å². The lowest BCUT2D eigenvalue weighted by atomic mass is 10.1. The van der Waals surface area contributed by atoms with Crippen molar-refractivity contribution in [3.05, 3.63) is 0 Å². The molecule has 19 heavy (non-hydrogen) atoms. The predicted molar refractivity (Wildman–Crippen MR) is 63.0 cm³/mol. The zero-order valence-corrected chi connectivity index (χ0v) is 10.9. The number of carboxylic acid groups (broad SMARTS) is 1. The molecule has 1 fully saturated rings. The Morgan fingerprint density at radius 1 is 1.42 bits per heavy atom. The second kappa shape index (κ2) is 5.82. The van der Waals surface area contributed by atoms with Crippen molar-refractivity contribution in [1.82, 2.24) is 10.6 Å². The van der Waals surface area contributed by atoms with Crippen molar-refractivity contribution in [2.75, 3.05) is 6.54 Å². The van der Waals surface area contributed by atoms with Crippen LogP contribution in [0.2, 0.25) is 0 Å². The van der Waals surface area contributed by atoms with E-state index in [2.05, 4.69) is 10.6 Å². The van der Waals surface area contributed by atoms with Gasteiger partial charge in [-0.05, 0) is 13.3 Å². The Balaban J connectivity index is 2.63. The van der Waals surface area contributed by atoms with E-state index >= 15 is 0 Å². The van der Waals surface area contributed by atoms with Gasteiger partial charge in [0, 0.05) is 6.54 Å². The molecule has 0 aromatic carbocycles. The predicted octanol–water partition coefficient (Wildman–Crippen LogP) is -2.45. The zero-order valence-electron chi connectivity index (χ0n) is 10.1. The number of carbonyl (C=O) groups is 2. The van der Waals surface area contributed by atoms with Crippen molar-refractivity contribution in [3.8, 4) is 0 Å². The van der Waals surface area contributed by atoms with E-state index in [1.807, 2.05) is 0 Å². The Kier molecular flexibility index (Phi) is 4.85. The number of amides is 1. The third-order valence-electron chi connectivity index (χ3n) is 2.87. The zero-order chi connectivity index (χ0) is 14.8. The summed E-state index contributed by atoms with van der Waals surface area (Å²) in [6, 6.07) is -2.40. The molecule has 1 saturated heterocycles. The van der Waals surface area contributed by atoms with Gasteiger partial charge in [0.25, 0.3) is 10.1 Å². The summed E-state index contributed by atoms with van der Waals surface area (Å²) in [5.74, 6) is -2.13. The molecule has 1 rings (SSSR count). The van der Waals surface area contributed by atoms with Crippen LogP contribution in [0.1, 0.15) is 13.3 Å². The summed E-state index contributed by atoms with van der Waals surface area (Å²) in [5.41, 5.74) is 0. The Labute approximate surface area is 109 Å². The van der Waals surface area contributed by atoms with Gasteiger partial charge in [-0.1, -0.05) is 0 Å². The lowest BCUT2D eigenvalue weighted by molar-refractivity contribution is -0.145. The summed E-state index contributed by atoms with van der Waals surface area (Å²) in [4.78, 5) is 22.5. The van der Waals surface area contributed by atoms with Crippen LogP contribution in [0.4, 0.5) is 0 Å². The molecule has 110 valence electrons. The minimum absolute atomic E-state index is 0.0939. The van der Waals surface area contributed by atoms with E-state index in [0.29, 0.717) is 0 Å². The van der Waals surface area contributed by atoms with Crippen LogP contribution < -0.4 is 10.6 Å². The summed E-state index contributed by atoms with van der Waals surface area (Å²) in [6.45, 7) is 1.12. The lowest BCUT2D eigenvalue weighted by Crippen LogP contribution is -2.52. The minimum atomic E-state index is -4.24. The topological polar surface area (TPSA) is 153 Å². The van der Waals surface area contributed by atoms with Gasteiger partial charge in [0.1, 0.15) is 5.25 Å². The maximum Gasteiger partial charge on any atom is 0.328 e. The molecule has 10 heteroatoms. The molecule has 5 N–H and O–H groups in total. The van der Waals surface area contributed by atoms with Crippen LogP contribution in [0.3, 0.4) is 0 Å². The molecule has 1 heterocycles. The highest BCUT2D eigenvalue weighted by atomic mass is 32.2. The van der Waals surface area contributed by atoms with E-state index in [9.17, 15) is 23.1 Å². The number of aliphatic hydroxyl groups excluding tert-OH is 1. The van der Waals surface area contributed by atoms with Crippen LogP contribution in [0, 0.1) is 0 Å². The van der Waals surface area contributed by atoms with Gasteiger partial charge in [-0.3, -0.25) is 9.35 Å². The maximum atomic E-state index is 11.7. The molecule has 1 aliphatic rings. The average molecular weight is 296 g/mol. The molecule has 0 aromatic heterocycles. The van der Waals surface area contributed by atoms with Crippen molar-refractivity contribution in [2.45, 2.75) is 36.8 Å². The third kappa shape index (κ3) is 4.13. The van der Waals surface area contributed by atoms with Crippen LogP contribution in [-0.2, 0) is 19.7 Å². The summed E-state index contributed by atoms with van der Waals surface area (Å²) in [5, 5.41) is 21.6. The van der Waals surface area contributed by atoms with Gasteiger partial charge in [0.05, 0.1) is 12.1 Å². The fourth-order valence-corrected chi connectivity index (χ4v) is 2.51. The van der Waals surface area contributed by atoms with Crippen molar-refractivity contribution < 1.29 is 32.8 Å². The highest BCUT2D eigenvalue weighted by Gasteiger charge is 2.38. The van der Waals surface area contributed by atoms with Gasteiger partial charge in [-0.25, -0.2) is 4.79 Å². The molecular formula is C9H16N2O7S. The normalized spacial score (nSPS) is 26.7. The highest BCUT2D eigenvalue weighted by Crippen LogP contribution is 2.14. The first-order valence-electron chi connectivity index (χ1n) is 5.54. The Bertz CT molecular complexity index is 461. The van der Waals surface area contributed by atoms with Gasteiger partial charge in [-0.15, -0.1) is 0 Å². The quantitative estimate of drug-likeness (QED) is 0.350. The number of aliphatic carboxylic acids is 1. The molecule has 0 unspecified atom stereocenters. The second-order valence-electron chi connectivity index (χ2n) is 4.40. The van der Waals surface area contributed by atoms with Crippen LogP contribution >= 0.6 is 0 Å². The molecule has 9 nitrogen and oxygen atoms in total. The van der Waals surface area contributed by atoms with Crippen molar-refractivity contribution in [1.29, 1.82) is 0 Å². The van der Waals surface area contributed by atoms with E-state index in [0.717, 1.165) is 0 Å². The van der Waals surface area contributed by atoms with Crippen LogP contribution in [-0.4, -0.2) is 65.0 Å². The highest BCUT2D eigenvalue weighted by molar-refractivity contribution is 7.86. The standard InChI is InChI=1S/C9H16N2O7S/c1-4(12)7(9(14)15)11-8(13)6-2-5(3-10-6)19(16,17)18/h4-7,10,12H,2-3H2,1H3,(H,11,13)(H,14,15)(H,16,17,18)/t4-,5+,6-,7-/m0/s1. The molecule has 0 spiro atoms. The maximum absolute atomic E-state index is 11.7. The average Bonchev–Trinajstić information content (AvgIpc) is 2.73. The monoisotopic (exact) mass is 296 g/mol. The number of carbonyl (C=O) groups excluding carboxylic acids is 1. The number of rotatable bonds is 5. The molecule has 1 aliphatic heterocycles. The lowest BCUT2D eigenvalue weighted by Gasteiger charge is -2.19. The first-order valence-corrected chi connectivity index (χ1v) is 7.04. The fourth-order valence-electron chi connectivity index (χ4n) is 1.77. The van der Waals surface area contributed by atoms with Crippen LogP contribution in [0.15, 0.2) is 0 Å². The molecule has 0 radical (unpaired) electrons. The second-order valence-corrected chi connectivity index (χ2v) is 6.10. The number of aliphatic hydroxyl groups is 1. The largest absolute Gasteiger partial charge is 0.480 e. The van der Waals surface area contributed by atoms with Crippen molar-refractivity contribution >= 4 is 22.0 Å².